The number of sulfonamides is 1. The van der Waals surface area contributed by atoms with Crippen LogP contribution in [0.25, 0.3) is 11.0 Å². The molecule has 1 aliphatic rings. The van der Waals surface area contributed by atoms with Gasteiger partial charge in [0.05, 0.1) is 21.7 Å². The van der Waals surface area contributed by atoms with E-state index in [1.165, 1.54) is 23.9 Å². The van der Waals surface area contributed by atoms with Gasteiger partial charge in [-0.15, -0.1) is 0 Å². The highest BCUT2D eigenvalue weighted by atomic mass is 32.2. The first kappa shape index (κ1) is 17.2. The second-order valence-corrected chi connectivity index (χ2v) is 8.21. The Morgan fingerprint density at radius 3 is 2.67 bits per heavy atom. The molecule has 0 radical (unpaired) electrons. The van der Waals surface area contributed by atoms with Gasteiger partial charge in [-0.05, 0) is 38.0 Å². The first-order valence-corrected chi connectivity index (χ1v) is 10.4. The Bertz CT molecular complexity index is 870. The molecule has 0 bridgehead atoms. The van der Waals surface area contributed by atoms with Crippen LogP contribution < -0.4 is 5.14 Å². The third-order valence-electron chi connectivity index (χ3n) is 4.11. The summed E-state index contributed by atoms with van der Waals surface area (Å²) >= 11 is 1.39. The summed E-state index contributed by atoms with van der Waals surface area (Å²) in [5.74, 6) is 0.461. The predicted molar refractivity (Wildman–Crippen MR) is 93.3 cm³/mol. The van der Waals surface area contributed by atoms with E-state index in [4.69, 9.17) is 5.14 Å². The van der Waals surface area contributed by atoms with E-state index in [-0.39, 0.29) is 10.8 Å². The maximum atomic E-state index is 12.2. The number of benzene rings is 1. The van der Waals surface area contributed by atoms with Crippen LogP contribution in [0.2, 0.25) is 0 Å². The second kappa shape index (κ2) is 6.73. The number of aryl methyl sites for hydroxylation is 1. The summed E-state index contributed by atoms with van der Waals surface area (Å²) in [6.07, 6.45) is 2.14. The zero-order chi connectivity index (χ0) is 17.3. The van der Waals surface area contributed by atoms with E-state index in [0.29, 0.717) is 23.0 Å². The highest BCUT2D eigenvalue weighted by Gasteiger charge is 2.20. The normalized spacial score (nSPS) is 15.3. The van der Waals surface area contributed by atoms with Crippen molar-refractivity contribution in [1.29, 1.82) is 0 Å². The van der Waals surface area contributed by atoms with Gasteiger partial charge in [-0.25, -0.2) is 18.5 Å². The molecule has 9 heteroatoms. The van der Waals surface area contributed by atoms with E-state index in [2.05, 4.69) is 4.98 Å². The fourth-order valence-corrected chi connectivity index (χ4v) is 4.38. The molecule has 7 nitrogen and oxygen atoms in total. The molecule has 1 aliphatic heterocycles. The van der Waals surface area contributed by atoms with Crippen molar-refractivity contribution in [3.63, 3.8) is 0 Å². The monoisotopic (exact) mass is 368 g/mol. The van der Waals surface area contributed by atoms with Crippen molar-refractivity contribution in [3.8, 4) is 0 Å². The molecule has 1 aromatic heterocycles. The molecular weight excluding hydrogens is 348 g/mol. The number of primary sulfonamides is 1. The van der Waals surface area contributed by atoms with Crippen LogP contribution in [-0.4, -0.2) is 47.6 Å². The van der Waals surface area contributed by atoms with Crippen LogP contribution in [0, 0.1) is 0 Å². The Balaban J connectivity index is 1.85. The second-order valence-electron chi connectivity index (χ2n) is 5.71. The lowest BCUT2D eigenvalue weighted by molar-refractivity contribution is -0.127. The van der Waals surface area contributed by atoms with Crippen LogP contribution in [0.3, 0.4) is 0 Å². The average molecular weight is 368 g/mol. The molecule has 0 atom stereocenters. The predicted octanol–water partition coefficient (Wildman–Crippen LogP) is 1.42. The molecule has 1 saturated heterocycles. The first-order valence-electron chi connectivity index (χ1n) is 7.84. The Kier molecular flexibility index (Phi) is 4.84. The summed E-state index contributed by atoms with van der Waals surface area (Å²) in [7, 11) is -3.76. The summed E-state index contributed by atoms with van der Waals surface area (Å²) in [6.45, 7) is 4.34. The van der Waals surface area contributed by atoms with Gasteiger partial charge in [-0.2, -0.15) is 0 Å². The Labute approximate surface area is 145 Å². The van der Waals surface area contributed by atoms with Gasteiger partial charge in [0.2, 0.25) is 15.9 Å². The van der Waals surface area contributed by atoms with Crippen molar-refractivity contribution >= 4 is 38.7 Å². The number of nitrogens with two attached hydrogens (primary N) is 1. The Morgan fingerprint density at radius 1 is 1.33 bits per heavy atom. The number of thioether (sulfide) groups is 1. The maximum absolute atomic E-state index is 12.2. The molecule has 0 unspecified atom stereocenters. The fraction of sp³-hybridized carbons (Fsp3) is 0.467. The zero-order valence-electron chi connectivity index (χ0n) is 13.4. The van der Waals surface area contributed by atoms with Crippen molar-refractivity contribution in [2.24, 2.45) is 5.14 Å². The molecule has 2 heterocycles. The van der Waals surface area contributed by atoms with Crippen LogP contribution in [0.5, 0.6) is 0 Å². The van der Waals surface area contributed by atoms with Crippen LogP contribution in [0.15, 0.2) is 28.3 Å². The molecule has 3 rings (SSSR count). The minimum absolute atomic E-state index is 0.0421. The van der Waals surface area contributed by atoms with Crippen LogP contribution in [0.1, 0.15) is 19.8 Å². The maximum Gasteiger partial charge on any atom is 0.238 e. The van der Waals surface area contributed by atoms with E-state index in [0.717, 1.165) is 31.4 Å². The first-order chi connectivity index (χ1) is 11.4. The largest absolute Gasteiger partial charge is 0.342 e. The lowest BCUT2D eigenvalue weighted by atomic mass is 10.3. The summed E-state index contributed by atoms with van der Waals surface area (Å²) in [4.78, 5) is 18.6. The molecular formula is C15H20N4O3S2. The van der Waals surface area contributed by atoms with Gasteiger partial charge in [0, 0.05) is 19.6 Å². The number of imidazole rings is 1. The molecule has 130 valence electrons. The standard InChI is InChI=1S/C15H20N4O3S2/c1-2-19-13-6-5-11(24(16,21)22)9-12(13)17-15(19)23-10-14(20)18-7-3-4-8-18/h5-6,9H,2-4,7-8,10H2,1H3,(H2,16,21,22). The van der Waals surface area contributed by atoms with E-state index >= 15 is 0 Å². The van der Waals surface area contributed by atoms with E-state index in [1.54, 1.807) is 6.07 Å². The number of aromatic nitrogens is 2. The van der Waals surface area contributed by atoms with E-state index < -0.39 is 10.0 Å². The lowest BCUT2D eigenvalue weighted by Crippen LogP contribution is -2.29. The number of carbonyl (C=O) groups is 1. The number of fused-ring (bicyclic) bond motifs is 1. The van der Waals surface area contributed by atoms with Crippen molar-refractivity contribution in [1.82, 2.24) is 14.5 Å². The molecule has 1 fully saturated rings. The molecule has 0 saturated carbocycles. The van der Waals surface area contributed by atoms with Crippen molar-refractivity contribution in [3.05, 3.63) is 18.2 Å². The highest BCUT2D eigenvalue weighted by Crippen LogP contribution is 2.26. The van der Waals surface area contributed by atoms with Gasteiger partial charge in [-0.3, -0.25) is 4.79 Å². The molecule has 0 spiro atoms. The van der Waals surface area contributed by atoms with Crippen LogP contribution in [0.4, 0.5) is 0 Å². The van der Waals surface area contributed by atoms with Crippen LogP contribution >= 0.6 is 11.8 Å². The van der Waals surface area contributed by atoms with Gasteiger partial charge in [-0.1, -0.05) is 11.8 Å². The number of hydrogen-bond donors (Lipinski definition) is 1. The van der Waals surface area contributed by atoms with Crippen LogP contribution in [-0.2, 0) is 21.4 Å². The van der Waals surface area contributed by atoms with Gasteiger partial charge < -0.3 is 9.47 Å². The summed E-state index contributed by atoms with van der Waals surface area (Å²) < 4.78 is 25.0. The molecule has 2 N–H and O–H groups in total. The van der Waals surface area contributed by atoms with Gasteiger partial charge in [0.15, 0.2) is 5.16 Å². The summed E-state index contributed by atoms with van der Waals surface area (Å²) in [5.41, 5.74) is 1.40. The van der Waals surface area contributed by atoms with E-state index in [9.17, 15) is 13.2 Å². The number of amides is 1. The Hall–Kier alpha value is -1.58. The number of likely N-dealkylation sites (tertiary alicyclic amines) is 1. The topological polar surface area (TPSA) is 98.3 Å². The van der Waals surface area contributed by atoms with Crippen molar-refractivity contribution in [2.75, 3.05) is 18.8 Å². The van der Waals surface area contributed by atoms with Crippen molar-refractivity contribution < 1.29 is 13.2 Å². The van der Waals surface area contributed by atoms with Gasteiger partial charge in [0.25, 0.3) is 0 Å². The molecule has 1 aromatic carbocycles. The number of carbonyl (C=O) groups excluding carboxylic acids is 1. The summed E-state index contributed by atoms with van der Waals surface area (Å²) in [5, 5.41) is 5.89. The summed E-state index contributed by atoms with van der Waals surface area (Å²) in [6, 6.07) is 4.66. The third kappa shape index (κ3) is 3.42. The minimum Gasteiger partial charge on any atom is -0.342 e. The van der Waals surface area contributed by atoms with Gasteiger partial charge >= 0.3 is 0 Å². The highest BCUT2D eigenvalue weighted by molar-refractivity contribution is 7.99. The quantitative estimate of drug-likeness (QED) is 0.805. The molecule has 24 heavy (non-hydrogen) atoms. The minimum atomic E-state index is -3.76. The van der Waals surface area contributed by atoms with Crippen molar-refractivity contribution in [2.45, 2.75) is 36.4 Å². The lowest BCUT2D eigenvalue weighted by Gasteiger charge is -2.14. The Morgan fingerprint density at radius 2 is 2.04 bits per heavy atom. The smallest absolute Gasteiger partial charge is 0.238 e. The van der Waals surface area contributed by atoms with Gasteiger partial charge in [0.1, 0.15) is 0 Å². The van der Waals surface area contributed by atoms with E-state index in [1.807, 2.05) is 16.4 Å². The fourth-order valence-electron chi connectivity index (χ4n) is 2.86. The number of nitrogens with zero attached hydrogens (tertiary/aromatic N) is 3. The number of hydrogen-bond acceptors (Lipinski definition) is 5. The number of rotatable bonds is 5. The zero-order valence-corrected chi connectivity index (χ0v) is 15.1. The SMILES string of the molecule is CCn1c(SCC(=O)N2CCCC2)nc2cc(S(N)(=O)=O)ccc21. The average Bonchev–Trinajstić information content (AvgIpc) is 3.18. The molecule has 2 aromatic rings. The molecule has 0 aliphatic carbocycles. The molecule has 1 amide bonds. The third-order valence-corrected chi connectivity index (χ3v) is 5.99.